The number of amides is 2. The van der Waals surface area contributed by atoms with Gasteiger partial charge in [-0.15, -0.1) is 0 Å². The van der Waals surface area contributed by atoms with E-state index in [0.29, 0.717) is 13.1 Å². The number of carbonyl (C=O) groups excluding carboxylic acids is 1. The fraction of sp³-hybridized carbons (Fsp3) is 0.611. The van der Waals surface area contributed by atoms with Gasteiger partial charge in [-0.3, -0.25) is 0 Å². The summed E-state index contributed by atoms with van der Waals surface area (Å²) < 4.78 is 0. The van der Waals surface area contributed by atoms with Crippen molar-refractivity contribution in [1.82, 2.24) is 10.2 Å². The van der Waals surface area contributed by atoms with Gasteiger partial charge in [0.15, 0.2) is 0 Å². The van der Waals surface area contributed by atoms with E-state index < -0.39 is 0 Å². The molecule has 1 saturated heterocycles. The second kappa shape index (κ2) is 8.20. The normalized spacial score (nSPS) is 20.7. The lowest BCUT2D eigenvalue weighted by Crippen LogP contribution is -2.50. The molecule has 0 bridgehead atoms. The number of nitrogens with one attached hydrogen (secondary N) is 1. The number of likely N-dealkylation sites (N-methyl/N-ethyl adjacent to an activating group) is 1. The third-order valence-electron chi connectivity index (χ3n) is 4.80. The van der Waals surface area contributed by atoms with Gasteiger partial charge >= 0.3 is 6.03 Å². The smallest absolute Gasteiger partial charge is 0.317 e. The van der Waals surface area contributed by atoms with Gasteiger partial charge < -0.3 is 20.2 Å². The maximum atomic E-state index is 12.3. The number of nitrogens with zero attached hydrogens (tertiary/aromatic N) is 2. The van der Waals surface area contributed by atoms with Crippen LogP contribution in [-0.2, 0) is 0 Å². The van der Waals surface area contributed by atoms with Gasteiger partial charge in [0.2, 0.25) is 0 Å². The molecule has 0 radical (unpaired) electrons. The van der Waals surface area contributed by atoms with Crippen LogP contribution in [0, 0.1) is 5.92 Å². The van der Waals surface area contributed by atoms with E-state index in [1.165, 1.54) is 0 Å². The highest BCUT2D eigenvalue weighted by atomic mass is 16.3. The Morgan fingerprint density at radius 1 is 1.39 bits per heavy atom. The summed E-state index contributed by atoms with van der Waals surface area (Å²) in [7, 11) is 2.04. The predicted octanol–water partition coefficient (Wildman–Crippen LogP) is 2.31. The molecule has 2 amide bonds. The monoisotopic (exact) mass is 319 g/mol. The largest absolute Gasteiger partial charge is 0.393 e. The van der Waals surface area contributed by atoms with Crippen molar-refractivity contribution in [3.05, 3.63) is 30.3 Å². The number of urea groups is 1. The van der Waals surface area contributed by atoms with Crippen LogP contribution in [0.15, 0.2) is 30.3 Å². The van der Waals surface area contributed by atoms with Crippen LogP contribution in [0.1, 0.15) is 26.7 Å². The summed E-state index contributed by atoms with van der Waals surface area (Å²) in [5.74, 6) is 0.193. The lowest BCUT2D eigenvalue weighted by Gasteiger charge is -2.35. The van der Waals surface area contributed by atoms with Gasteiger partial charge in [0.1, 0.15) is 0 Å². The van der Waals surface area contributed by atoms with Crippen molar-refractivity contribution in [1.29, 1.82) is 0 Å². The van der Waals surface area contributed by atoms with E-state index in [0.717, 1.165) is 25.1 Å². The molecule has 5 heteroatoms. The number of rotatable bonds is 5. The highest BCUT2D eigenvalue weighted by Crippen LogP contribution is 2.19. The molecule has 1 heterocycles. The quantitative estimate of drug-likeness (QED) is 0.876. The molecule has 1 aromatic carbocycles. The third-order valence-corrected chi connectivity index (χ3v) is 4.80. The summed E-state index contributed by atoms with van der Waals surface area (Å²) in [5.41, 5.74) is 1.14. The molecule has 0 saturated carbocycles. The molecule has 3 atom stereocenters. The Bertz CT molecular complexity index is 492. The second-order valence-corrected chi connectivity index (χ2v) is 6.57. The molecule has 0 aromatic heterocycles. The summed E-state index contributed by atoms with van der Waals surface area (Å²) in [5, 5.41) is 12.8. The summed E-state index contributed by atoms with van der Waals surface area (Å²) in [6.45, 7) is 5.93. The molecule has 1 aliphatic rings. The number of anilines is 1. The van der Waals surface area contributed by atoms with E-state index in [9.17, 15) is 9.90 Å². The van der Waals surface area contributed by atoms with Crippen molar-refractivity contribution >= 4 is 11.7 Å². The molecule has 3 unspecified atom stereocenters. The average molecular weight is 319 g/mol. The topological polar surface area (TPSA) is 55.8 Å². The van der Waals surface area contributed by atoms with Crippen LogP contribution in [0.2, 0.25) is 0 Å². The van der Waals surface area contributed by atoms with Gasteiger partial charge in [-0.25, -0.2) is 4.79 Å². The molecule has 0 spiro atoms. The van der Waals surface area contributed by atoms with Crippen molar-refractivity contribution in [3.8, 4) is 0 Å². The zero-order chi connectivity index (χ0) is 16.8. The Labute approximate surface area is 139 Å². The highest BCUT2D eigenvalue weighted by molar-refractivity contribution is 5.74. The Kier molecular flexibility index (Phi) is 6.28. The van der Waals surface area contributed by atoms with Crippen molar-refractivity contribution in [2.24, 2.45) is 5.92 Å². The lowest BCUT2D eigenvalue weighted by molar-refractivity contribution is 0.0739. The summed E-state index contributed by atoms with van der Waals surface area (Å²) in [6.07, 6.45) is 1.60. The molecule has 0 aliphatic carbocycles. The minimum absolute atomic E-state index is 0.0244. The Balaban J connectivity index is 1.81. The fourth-order valence-corrected chi connectivity index (χ4v) is 2.99. The van der Waals surface area contributed by atoms with Gasteiger partial charge in [-0.2, -0.15) is 0 Å². The SMILES string of the molecule is CC(O)C1CCCN(C(=O)NCC(C)N(C)c2ccccc2)C1. The Morgan fingerprint density at radius 2 is 2.09 bits per heavy atom. The second-order valence-electron chi connectivity index (χ2n) is 6.57. The zero-order valence-electron chi connectivity index (χ0n) is 14.4. The summed E-state index contributed by atoms with van der Waals surface area (Å²) in [4.78, 5) is 16.3. The number of hydrogen-bond donors (Lipinski definition) is 2. The summed E-state index contributed by atoms with van der Waals surface area (Å²) in [6, 6.07) is 10.3. The van der Waals surface area contributed by atoms with E-state index in [1.54, 1.807) is 0 Å². The van der Waals surface area contributed by atoms with Crippen molar-refractivity contribution in [2.45, 2.75) is 38.8 Å². The predicted molar refractivity (Wildman–Crippen MR) is 93.7 cm³/mol. The van der Waals surface area contributed by atoms with Crippen LogP contribution in [0.5, 0.6) is 0 Å². The van der Waals surface area contributed by atoms with Gasteiger partial charge in [-0.05, 0) is 38.8 Å². The lowest BCUT2D eigenvalue weighted by atomic mass is 9.94. The standard InChI is InChI=1S/C18H29N3O2/c1-14(20(3)17-9-5-4-6-10-17)12-19-18(23)21-11-7-8-16(13-21)15(2)22/h4-6,9-10,14-16,22H,7-8,11-13H2,1-3H3,(H,19,23). The maximum absolute atomic E-state index is 12.3. The average Bonchev–Trinajstić information content (AvgIpc) is 2.59. The van der Waals surface area contributed by atoms with Gasteiger partial charge in [0.25, 0.3) is 0 Å². The number of likely N-dealkylation sites (tertiary alicyclic amines) is 1. The molecule has 1 aliphatic heterocycles. The van der Waals surface area contributed by atoms with Crippen LogP contribution in [0.3, 0.4) is 0 Å². The van der Waals surface area contributed by atoms with Crippen LogP contribution in [0.25, 0.3) is 0 Å². The molecule has 5 nitrogen and oxygen atoms in total. The first kappa shape index (κ1) is 17.6. The minimum atomic E-state index is -0.353. The van der Waals surface area contributed by atoms with Crippen molar-refractivity contribution in [3.63, 3.8) is 0 Å². The van der Waals surface area contributed by atoms with Crippen LogP contribution in [0.4, 0.5) is 10.5 Å². The van der Waals surface area contributed by atoms with Crippen molar-refractivity contribution < 1.29 is 9.90 Å². The fourth-order valence-electron chi connectivity index (χ4n) is 2.99. The van der Waals surface area contributed by atoms with E-state index in [-0.39, 0.29) is 24.1 Å². The van der Waals surface area contributed by atoms with Crippen LogP contribution < -0.4 is 10.2 Å². The third kappa shape index (κ3) is 4.86. The molecule has 23 heavy (non-hydrogen) atoms. The number of aliphatic hydroxyl groups excluding tert-OH is 1. The summed E-state index contributed by atoms with van der Waals surface area (Å²) >= 11 is 0. The first-order chi connectivity index (χ1) is 11.0. The molecule has 1 fully saturated rings. The first-order valence-corrected chi connectivity index (χ1v) is 8.47. The maximum Gasteiger partial charge on any atom is 0.317 e. The minimum Gasteiger partial charge on any atom is -0.393 e. The molecule has 2 N–H and O–H groups in total. The van der Waals surface area contributed by atoms with E-state index >= 15 is 0 Å². The van der Waals surface area contributed by atoms with E-state index in [1.807, 2.05) is 37.1 Å². The number of carbonyl (C=O) groups is 1. The number of piperidine rings is 1. The van der Waals surface area contributed by atoms with Crippen molar-refractivity contribution in [2.75, 3.05) is 31.6 Å². The molecular formula is C18H29N3O2. The highest BCUT2D eigenvalue weighted by Gasteiger charge is 2.26. The Hall–Kier alpha value is -1.75. The van der Waals surface area contributed by atoms with Gasteiger partial charge in [0, 0.05) is 44.3 Å². The van der Waals surface area contributed by atoms with Crippen LogP contribution in [-0.4, -0.2) is 54.9 Å². The molecule has 1 aromatic rings. The van der Waals surface area contributed by atoms with E-state index in [4.69, 9.17) is 0 Å². The first-order valence-electron chi connectivity index (χ1n) is 8.47. The molecular weight excluding hydrogens is 290 g/mol. The van der Waals surface area contributed by atoms with Gasteiger partial charge in [-0.1, -0.05) is 18.2 Å². The number of para-hydroxylation sites is 1. The number of benzene rings is 1. The van der Waals surface area contributed by atoms with Crippen LogP contribution >= 0.6 is 0 Å². The zero-order valence-corrected chi connectivity index (χ0v) is 14.4. The molecule has 128 valence electrons. The number of hydrogen-bond acceptors (Lipinski definition) is 3. The number of aliphatic hydroxyl groups is 1. The molecule has 2 rings (SSSR count). The van der Waals surface area contributed by atoms with Gasteiger partial charge in [0.05, 0.1) is 6.10 Å². The Morgan fingerprint density at radius 3 is 2.74 bits per heavy atom. The van der Waals surface area contributed by atoms with E-state index in [2.05, 4.69) is 29.3 Å².